The maximum absolute atomic E-state index is 13.5. The minimum atomic E-state index is -1.04. The molecule has 158 valence electrons. The lowest BCUT2D eigenvalue weighted by molar-refractivity contribution is -0.174. The normalized spacial score (nSPS) is 29.9. The number of nitrogens with zero attached hydrogens (tertiary/aromatic N) is 4. The number of carbonyl (C=O) groups excluding carboxylic acids is 2. The van der Waals surface area contributed by atoms with E-state index in [1.165, 1.54) is 0 Å². The number of furan rings is 1. The van der Waals surface area contributed by atoms with Crippen LogP contribution in [0, 0.1) is 10.8 Å². The summed E-state index contributed by atoms with van der Waals surface area (Å²) in [7, 11) is 0. The summed E-state index contributed by atoms with van der Waals surface area (Å²) in [6.07, 6.45) is 4.62. The fourth-order valence-corrected chi connectivity index (χ4v) is 5.15. The Bertz CT molecular complexity index is 996. The van der Waals surface area contributed by atoms with Gasteiger partial charge in [-0.25, -0.2) is 9.97 Å². The molecule has 3 fully saturated rings. The molecule has 8 nitrogen and oxygen atoms in total. The van der Waals surface area contributed by atoms with Gasteiger partial charge in [0.15, 0.2) is 11.4 Å². The molecule has 0 spiro atoms. The first-order valence-corrected chi connectivity index (χ1v) is 10.4. The number of piperazine rings is 1. The lowest BCUT2D eigenvalue weighted by Crippen LogP contribution is -2.59. The van der Waals surface area contributed by atoms with Crippen molar-refractivity contribution in [2.45, 2.75) is 39.2 Å². The number of carbonyl (C=O) groups is 2. The summed E-state index contributed by atoms with van der Waals surface area (Å²) in [5.41, 5.74) is -1.43. The first-order chi connectivity index (χ1) is 14.3. The summed E-state index contributed by atoms with van der Waals surface area (Å²) < 4.78 is 11.2. The molecule has 1 unspecified atom stereocenters. The summed E-state index contributed by atoms with van der Waals surface area (Å²) >= 11 is 0. The van der Waals surface area contributed by atoms with Crippen molar-refractivity contribution < 1.29 is 18.7 Å². The highest BCUT2D eigenvalue weighted by Crippen LogP contribution is 2.66. The molecule has 2 atom stereocenters. The van der Waals surface area contributed by atoms with E-state index in [-0.39, 0.29) is 11.9 Å². The van der Waals surface area contributed by atoms with E-state index in [0.717, 1.165) is 5.69 Å². The Hall–Kier alpha value is -2.90. The zero-order valence-electron chi connectivity index (χ0n) is 17.6. The van der Waals surface area contributed by atoms with E-state index < -0.39 is 16.4 Å². The minimum Gasteiger partial charge on any atom is -0.463 e. The van der Waals surface area contributed by atoms with Gasteiger partial charge in [0, 0.05) is 37.8 Å². The van der Waals surface area contributed by atoms with Gasteiger partial charge in [0.25, 0.3) is 5.91 Å². The largest absolute Gasteiger partial charge is 0.463 e. The minimum absolute atomic E-state index is 0.0630. The van der Waals surface area contributed by atoms with Crippen molar-refractivity contribution in [3.05, 3.63) is 30.7 Å². The van der Waals surface area contributed by atoms with Crippen LogP contribution in [-0.2, 0) is 14.3 Å². The number of fused-ring (bicyclic) bond motifs is 2. The zero-order chi connectivity index (χ0) is 21.1. The smallest absolute Gasteiger partial charge is 0.313 e. The number of anilines is 1. The van der Waals surface area contributed by atoms with E-state index in [1.54, 1.807) is 12.5 Å². The van der Waals surface area contributed by atoms with Gasteiger partial charge in [-0.1, -0.05) is 13.8 Å². The van der Waals surface area contributed by atoms with Crippen molar-refractivity contribution in [3.63, 3.8) is 0 Å². The second-order valence-corrected chi connectivity index (χ2v) is 9.17. The summed E-state index contributed by atoms with van der Waals surface area (Å²) in [5, 5.41) is 0. The predicted molar refractivity (Wildman–Crippen MR) is 108 cm³/mol. The monoisotopic (exact) mass is 410 g/mol. The van der Waals surface area contributed by atoms with Gasteiger partial charge in [-0.2, -0.15) is 0 Å². The molecule has 4 heterocycles. The Balaban J connectivity index is 1.31. The predicted octanol–water partition coefficient (Wildman–Crippen LogP) is 2.51. The maximum atomic E-state index is 13.5. The van der Waals surface area contributed by atoms with Crippen LogP contribution in [0.3, 0.4) is 0 Å². The maximum Gasteiger partial charge on any atom is 0.313 e. The Morgan fingerprint density at radius 1 is 1.10 bits per heavy atom. The molecule has 2 saturated heterocycles. The van der Waals surface area contributed by atoms with Crippen LogP contribution in [0.25, 0.3) is 11.5 Å². The van der Waals surface area contributed by atoms with E-state index in [9.17, 15) is 9.59 Å². The SMILES string of the molecule is CC1(C)C2(C(=O)N3CCN(c4nccc(-c5ccco5)n4)CC3)CC[C@@]1(C)C(=O)O2. The lowest BCUT2D eigenvalue weighted by atomic mass is 9.66. The number of amides is 1. The standard InChI is InChI=1S/C22H26N4O4/c1-20(2)21(3)7-8-22(20,30-18(21)28)17(27)25-10-12-26(13-11-25)19-23-9-6-15(24-19)16-5-4-14-29-16/h4-6,9,14H,7-8,10-13H2,1-3H3/t21-,22?/m0/s1. The van der Waals surface area contributed by atoms with Gasteiger partial charge >= 0.3 is 5.97 Å². The summed E-state index contributed by atoms with van der Waals surface area (Å²) in [6.45, 7) is 8.24. The van der Waals surface area contributed by atoms with Crippen LogP contribution in [0.2, 0.25) is 0 Å². The van der Waals surface area contributed by atoms with Crippen molar-refractivity contribution in [2.75, 3.05) is 31.1 Å². The third-order valence-corrected chi connectivity index (χ3v) is 7.70. The molecule has 0 N–H and O–H groups in total. The van der Waals surface area contributed by atoms with E-state index in [2.05, 4.69) is 14.9 Å². The molecule has 3 aliphatic rings. The van der Waals surface area contributed by atoms with Gasteiger partial charge < -0.3 is 19.0 Å². The summed E-state index contributed by atoms with van der Waals surface area (Å²) in [4.78, 5) is 38.9. The lowest BCUT2D eigenvalue weighted by Gasteiger charge is -2.42. The van der Waals surface area contributed by atoms with Crippen LogP contribution < -0.4 is 4.90 Å². The first-order valence-electron chi connectivity index (χ1n) is 10.4. The first kappa shape index (κ1) is 19.1. The third kappa shape index (κ3) is 2.39. The quantitative estimate of drug-likeness (QED) is 0.718. The van der Waals surface area contributed by atoms with Gasteiger partial charge in [-0.3, -0.25) is 9.59 Å². The third-order valence-electron chi connectivity index (χ3n) is 7.70. The van der Waals surface area contributed by atoms with Crippen molar-refractivity contribution in [2.24, 2.45) is 10.8 Å². The van der Waals surface area contributed by atoms with E-state index in [4.69, 9.17) is 9.15 Å². The summed E-state index contributed by atoms with van der Waals surface area (Å²) in [5.74, 6) is 1.01. The topological polar surface area (TPSA) is 88.8 Å². The van der Waals surface area contributed by atoms with Crippen LogP contribution in [0.4, 0.5) is 5.95 Å². The highest BCUT2D eigenvalue weighted by Gasteiger charge is 2.76. The number of aromatic nitrogens is 2. The van der Waals surface area contributed by atoms with Crippen LogP contribution in [0.1, 0.15) is 33.6 Å². The van der Waals surface area contributed by atoms with Crippen molar-refractivity contribution in [1.82, 2.24) is 14.9 Å². The molecule has 30 heavy (non-hydrogen) atoms. The van der Waals surface area contributed by atoms with E-state index >= 15 is 0 Å². The second-order valence-electron chi connectivity index (χ2n) is 9.17. The molecule has 2 aromatic heterocycles. The van der Waals surface area contributed by atoms with Gasteiger partial charge in [0.1, 0.15) is 5.69 Å². The second kappa shape index (κ2) is 6.30. The molecule has 1 amide bonds. The van der Waals surface area contributed by atoms with Crippen LogP contribution in [-0.4, -0.2) is 58.5 Å². The van der Waals surface area contributed by atoms with Crippen molar-refractivity contribution in [1.29, 1.82) is 0 Å². The van der Waals surface area contributed by atoms with Gasteiger partial charge in [0.05, 0.1) is 11.7 Å². The van der Waals surface area contributed by atoms with Gasteiger partial charge in [-0.05, 0) is 38.0 Å². The van der Waals surface area contributed by atoms with Gasteiger partial charge in [0.2, 0.25) is 5.95 Å². The highest BCUT2D eigenvalue weighted by molar-refractivity contribution is 5.96. The molecule has 1 aliphatic carbocycles. The van der Waals surface area contributed by atoms with Gasteiger partial charge in [-0.15, -0.1) is 0 Å². The zero-order valence-corrected chi connectivity index (χ0v) is 17.6. The van der Waals surface area contributed by atoms with E-state index in [0.29, 0.717) is 50.7 Å². The van der Waals surface area contributed by atoms with Crippen LogP contribution in [0.5, 0.6) is 0 Å². The fourth-order valence-electron chi connectivity index (χ4n) is 5.15. The Morgan fingerprint density at radius 2 is 1.87 bits per heavy atom. The molecule has 1 saturated carbocycles. The molecule has 2 aromatic rings. The number of hydrogen-bond acceptors (Lipinski definition) is 7. The Morgan fingerprint density at radius 3 is 2.47 bits per heavy atom. The molecule has 0 aromatic carbocycles. The fraction of sp³-hybridized carbons (Fsp3) is 0.545. The number of rotatable bonds is 3. The average molecular weight is 410 g/mol. The van der Waals surface area contributed by atoms with Crippen LogP contribution >= 0.6 is 0 Å². The molecule has 2 bridgehead atoms. The molecular formula is C22H26N4O4. The number of ether oxygens (including phenoxy) is 1. The Labute approximate surface area is 175 Å². The average Bonchev–Trinajstić information content (AvgIpc) is 3.40. The summed E-state index contributed by atoms with van der Waals surface area (Å²) in [6, 6.07) is 5.50. The molecular weight excluding hydrogens is 384 g/mol. The van der Waals surface area contributed by atoms with Crippen LogP contribution in [0.15, 0.2) is 35.1 Å². The number of esters is 1. The Kier molecular flexibility index (Phi) is 4.01. The van der Waals surface area contributed by atoms with E-state index in [1.807, 2.05) is 43.9 Å². The molecule has 2 aliphatic heterocycles. The molecule has 0 radical (unpaired) electrons. The van der Waals surface area contributed by atoms with Crippen molar-refractivity contribution in [3.8, 4) is 11.5 Å². The van der Waals surface area contributed by atoms with Crippen molar-refractivity contribution >= 4 is 17.8 Å². The highest BCUT2D eigenvalue weighted by atomic mass is 16.6. The molecule has 5 rings (SSSR count). The molecule has 8 heteroatoms. The number of hydrogen-bond donors (Lipinski definition) is 0.